The van der Waals surface area contributed by atoms with Crippen molar-refractivity contribution in [1.82, 2.24) is 10.2 Å². The minimum atomic E-state index is -0.662. The number of hydrogen-bond acceptors (Lipinski definition) is 3. The second-order valence-electron chi connectivity index (χ2n) is 4.76. The predicted molar refractivity (Wildman–Crippen MR) is 68.5 cm³/mol. The van der Waals surface area contributed by atoms with Crippen LogP contribution in [0.2, 0.25) is 0 Å². The fourth-order valence-corrected chi connectivity index (χ4v) is 2.29. The van der Waals surface area contributed by atoms with Gasteiger partial charge in [0.25, 0.3) is 0 Å². The summed E-state index contributed by atoms with van der Waals surface area (Å²) in [6.07, 6.45) is 2.47. The molecule has 0 unspecified atom stereocenters. The first kappa shape index (κ1) is 13.9. The van der Waals surface area contributed by atoms with Gasteiger partial charge in [-0.3, -0.25) is 0 Å². The molecule has 0 saturated carbocycles. The van der Waals surface area contributed by atoms with Crippen LogP contribution in [0.15, 0.2) is 12.1 Å². The van der Waals surface area contributed by atoms with Gasteiger partial charge in [-0.2, -0.15) is 5.26 Å². The van der Waals surface area contributed by atoms with Gasteiger partial charge in [-0.15, -0.1) is 0 Å². The number of benzene rings is 1. The van der Waals surface area contributed by atoms with E-state index in [0.29, 0.717) is 6.54 Å². The van der Waals surface area contributed by atoms with Gasteiger partial charge in [0, 0.05) is 25.2 Å². The first-order chi connectivity index (χ1) is 9.20. The van der Waals surface area contributed by atoms with E-state index in [2.05, 4.69) is 10.2 Å². The third kappa shape index (κ3) is 3.72. The molecule has 19 heavy (non-hydrogen) atoms. The van der Waals surface area contributed by atoms with E-state index in [9.17, 15) is 8.78 Å². The molecule has 0 amide bonds. The molecule has 2 rings (SSSR count). The van der Waals surface area contributed by atoms with Crippen LogP contribution in [0.1, 0.15) is 24.0 Å². The highest BCUT2D eigenvalue weighted by Crippen LogP contribution is 2.14. The summed E-state index contributed by atoms with van der Waals surface area (Å²) >= 11 is 0. The quantitative estimate of drug-likeness (QED) is 0.828. The number of nitriles is 1. The third-order valence-electron chi connectivity index (χ3n) is 3.38. The van der Waals surface area contributed by atoms with Crippen molar-refractivity contribution in [2.75, 3.05) is 26.2 Å². The third-order valence-corrected chi connectivity index (χ3v) is 3.38. The van der Waals surface area contributed by atoms with E-state index < -0.39 is 11.6 Å². The highest BCUT2D eigenvalue weighted by Gasteiger charge is 2.12. The molecule has 1 heterocycles. The summed E-state index contributed by atoms with van der Waals surface area (Å²) in [5.41, 5.74) is 0.0104. The van der Waals surface area contributed by atoms with Gasteiger partial charge in [0.05, 0.1) is 11.6 Å². The SMILES string of the molecule is N#Cc1cc(F)c(CNCCN2CCCC2)c(F)c1. The van der Waals surface area contributed by atoms with Crippen LogP contribution in [0.5, 0.6) is 0 Å². The zero-order chi connectivity index (χ0) is 13.7. The Morgan fingerprint density at radius 1 is 1.21 bits per heavy atom. The summed E-state index contributed by atoms with van der Waals surface area (Å²) < 4.78 is 27.2. The molecule has 1 N–H and O–H groups in total. The van der Waals surface area contributed by atoms with Gasteiger partial charge < -0.3 is 10.2 Å². The lowest BCUT2D eigenvalue weighted by atomic mass is 10.1. The smallest absolute Gasteiger partial charge is 0.131 e. The minimum Gasteiger partial charge on any atom is -0.311 e. The number of likely N-dealkylation sites (tertiary alicyclic amines) is 1. The van der Waals surface area contributed by atoms with Crippen molar-refractivity contribution in [3.05, 3.63) is 34.9 Å². The van der Waals surface area contributed by atoms with Gasteiger partial charge in [0.2, 0.25) is 0 Å². The number of halogens is 2. The average molecular weight is 265 g/mol. The summed E-state index contributed by atoms with van der Waals surface area (Å²) in [4.78, 5) is 2.33. The van der Waals surface area contributed by atoms with Crippen molar-refractivity contribution >= 4 is 0 Å². The van der Waals surface area contributed by atoms with Crippen molar-refractivity contribution in [2.45, 2.75) is 19.4 Å². The molecule has 1 fully saturated rings. The Morgan fingerprint density at radius 3 is 2.42 bits per heavy atom. The fourth-order valence-electron chi connectivity index (χ4n) is 2.29. The molecular weight excluding hydrogens is 248 g/mol. The van der Waals surface area contributed by atoms with Crippen LogP contribution in [0.4, 0.5) is 8.78 Å². The zero-order valence-electron chi connectivity index (χ0n) is 10.8. The molecule has 1 aliphatic rings. The van der Waals surface area contributed by atoms with Crippen molar-refractivity contribution in [1.29, 1.82) is 5.26 Å². The molecule has 0 radical (unpaired) electrons. The monoisotopic (exact) mass is 265 g/mol. The van der Waals surface area contributed by atoms with E-state index in [1.807, 2.05) is 0 Å². The van der Waals surface area contributed by atoms with E-state index in [1.54, 1.807) is 6.07 Å². The molecule has 0 aliphatic carbocycles. The Balaban J connectivity index is 1.84. The van der Waals surface area contributed by atoms with Crippen LogP contribution in [-0.2, 0) is 6.54 Å². The normalized spacial score (nSPS) is 15.6. The summed E-state index contributed by atoms with van der Waals surface area (Å²) in [6, 6.07) is 3.87. The van der Waals surface area contributed by atoms with Gasteiger partial charge in [0.15, 0.2) is 0 Å². The zero-order valence-corrected chi connectivity index (χ0v) is 10.8. The minimum absolute atomic E-state index is 0.000391. The topological polar surface area (TPSA) is 39.1 Å². The Morgan fingerprint density at radius 2 is 1.84 bits per heavy atom. The average Bonchev–Trinajstić information content (AvgIpc) is 2.89. The highest BCUT2D eigenvalue weighted by atomic mass is 19.1. The Labute approximate surface area is 111 Å². The lowest BCUT2D eigenvalue weighted by Crippen LogP contribution is -2.30. The number of hydrogen-bond donors (Lipinski definition) is 1. The molecule has 3 nitrogen and oxygen atoms in total. The lowest BCUT2D eigenvalue weighted by molar-refractivity contribution is 0.334. The number of nitrogens with zero attached hydrogens (tertiary/aromatic N) is 2. The van der Waals surface area contributed by atoms with Crippen LogP contribution < -0.4 is 5.32 Å². The van der Waals surface area contributed by atoms with Crippen molar-refractivity contribution in [3.8, 4) is 6.07 Å². The second kappa shape index (κ2) is 6.60. The Hall–Kier alpha value is -1.51. The van der Waals surface area contributed by atoms with Crippen molar-refractivity contribution in [2.24, 2.45) is 0 Å². The highest BCUT2D eigenvalue weighted by molar-refractivity contribution is 5.34. The Kier molecular flexibility index (Phi) is 4.83. The summed E-state index contributed by atoms with van der Waals surface area (Å²) in [5, 5.41) is 11.7. The Bertz CT molecular complexity index is 453. The molecule has 1 aromatic rings. The maximum atomic E-state index is 13.6. The van der Waals surface area contributed by atoms with Crippen LogP contribution in [0.3, 0.4) is 0 Å². The van der Waals surface area contributed by atoms with E-state index in [-0.39, 0.29) is 17.7 Å². The fraction of sp³-hybridized carbons (Fsp3) is 0.500. The van der Waals surface area contributed by atoms with Gasteiger partial charge >= 0.3 is 0 Å². The van der Waals surface area contributed by atoms with Gasteiger partial charge in [-0.1, -0.05) is 0 Å². The van der Waals surface area contributed by atoms with Crippen LogP contribution in [0.25, 0.3) is 0 Å². The van der Waals surface area contributed by atoms with Crippen molar-refractivity contribution < 1.29 is 8.78 Å². The maximum Gasteiger partial charge on any atom is 0.131 e. The van der Waals surface area contributed by atoms with E-state index in [1.165, 1.54) is 12.8 Å². The summed E-state index contributed by atoms with van der Waals surface area (Å²) in [6.45, 7) is 3.98. The van der Waals surface area contributed by atoms with E-state index in [4.69, 9.17) is 5.26 Å². The van der Waals surface area contributed by atoms with Crippen molar-refractivity contribution in [3.63, 3.8) is 0 Å². The molecule has 102 valence electrons. The van der Waals surface area contributed by atoms with Crippen LogP contribution in [-0.4, -0.2) is 31.1 Å². The molecule has 0 aromatic heterocycles. The predicted octanol–water partition coefficient (Wildman–Crippen LogP) is 2.02. The summed E-state index contributed by atoms with van der Waals surface area (Å²) in [5.74, 6) is -1.32. The van der Waals surface area contributed by atoms with Gasteiger partial charge in [0.1, 0.15) is 11.6 Å². The molecular formula is C14H17F2N3. The maximum absolute atomic E-state index is 13.6. The standard InChI is InChI=1S/C14H17F2N3/c15-13-7-11(9-17)8-14(16)12(13)10-18-3-6-19-4-1-2-5-19/h7-8,18H,1-6,10H2. The largest absolute Gasteiger partial charge is 0.311 e. The lowest BCUT2D eigenvalue weighted by Gasteiger charge is -2.15. The van der Waals surface area contributed by atoms with E-state index in [0.717, 1.165) is 31.8 Å². The first-order valence-electron chi connectivity index (χ1n) is 6.52. The summed E-state index contributed by atoms with van der Waals surface area (Å²) in [7, 11) is 0. The van der Waals surface area contributed by atoms with Crippen LogP contribution >= 0.6 is 0 Å². The molecule has 1 saturated heterocycles. The van der Waals surface area contributed by atoms with Gasteiger partial charge in [-0.25, -0.2) is 8.78 Å². The molecule has 0 bridgehead atoms. The molecule has 0 atom stereocenters. The molecule has 0 spiro atoms. The van der Waals surface area contributed by atoms with Gasteiger partial charge in [-0.05, 0) is 38.1 Å². The number of rotatable bonds is 5. The van der Waals surface area contributed by atoms with Crippen LogP contribution in [0, 0.1) is 23.0 Å². The molecule has 5 heteroatoms. The second-order valence-corrected chi connectivity index (χ2v) is 4.76. The number of nitrogens with one attached hydrogen (secondary N) is 1. The first-order valence-corrected chi connectivity index (χ1v) is 6.52. The van der Waals surface area contributed by atoms with E-state index >= 15 is 0 Å². The molecule has 1 aliphatic heterocycles. The molecule has 1 aromatic carbocycles.